The van der Waals surface area contributed by atoms with Crippen molar-refractivity contribution in [3.8, 4) is 11.5 Å². The number of rotatable bonds is 0. The van der Waals surface area contributed by atoms with Gasteiger partial charge in [0.25, 0.3) is 0 Å². The minimum Gasteiger partial charge on any atom is -0.457 e. The molecule has 0 atom stereocenters. The summed E-state index contributed by atoms with van der Waals surface area (Å²) in [5, 5.41) is 0. The van der Waals surface area contributed by atoms with Crippen molar-refractivity contribution >= 4 is 0 Å². The van der Waals surface area contributed by atoms with Crippen molar-refractivity contribution in [1.29, 1.82) is 0 Å². The average molecular weight is 302 g/mol. The lowest BCUT2D eigenvalue weighted by Gasteiger charge is -2.19. The molecule has 0 radical (unpaired) electrons. The summed E-state index contributed by atoms with van der Waals surface area (Å²) in [7, 11) is 0. The van der Waals surface area contributed by atoms with Crippen LogP contribution in [-0.4, -0.2) is 0 Å². The van der Waals surface area contributed by atoms with E-state index in [1.165, 1.54) is 22.3 Å². The monoisotopic (exact) mass is 302 g/mol. The van der Waals surface area contributed by atoms with Crippen LogP contribution in [0.3, 0.4) is 0 Å². The molecule has 0 unspecified atom stereocenters. The molecule has 0 saturated carbocycles. The van der Waals surface area contributed by atoms with Crippen LogP contribution in [0, 0.1) is 0 Å². The summed E-state index contributed by atoms with van der Waals surface area (Å²) in [4.78, 5) is 0. The Morgan fingerprint density at radius 3 is 1.48 bits per heavy atom. The Morgan fingerprint density at radius 1 is 0.522 bits per heavy atom. The van der Waals surface area contributed by atoms with Gasteiger partial charge in [-0.1, -0.05) is 60.7 Å². The molecule has 2 nitrogen and oxygen atoms in total. The maximum absolute atomic E-state index is 5.78. The van der Waals surface area contributed by atoms with Gasteiger partial charge in [0.05, 0.1) is 13.2 Å². The molecule has 2 aliphatic heterocycles. The van der Waals surface area contributed by atoms with E-state index in [1.807, 2.05) is 36.4 Å². The van der Waals surface area contributed by atoms with Crippen molar-refractivity contribution in [2.75, 3.05) is 0 Å². The van der Waals surface area contributed by atoms with Crippen molar-refractivity contribution in [3.63, 3.8) is 0 Å². The Morgan fingerprint density at radius 2 is 0.957 bits per heavy atom. The van der Waals surface area contributed by atoms with E-state index in [-0.39, 0.29) is 0 Å². The third kappa shape index (κ3) is 2.99. The lowest BCUT2D eigenvalue weighted by Crippen LogP contribution is -2.01. The number of benzene rings is 3. The average Bonchev–Trinajstić information content (AvgIpc) is 3.09. The highest BCUT2D eigenvalue weighted by Crippen LogP contribution is 2.35. The molecule has 0 N–H and O–H groups in total. The predicted octanol–water partition coefficient (Wildman–Crippen LogP) is 5.10. The highest BCUT2D eigenvalue weighted by Gasteiger charge is 2.14. The van der Waals surface area contributed by atoms with Crippen LogP contribution in [0.1, 0.15) is 22.3 Å². The third-order valence-corrected chi connectivity index (χ3v) is 4.18. The van der Waals surface area contributed by atoms with Gasteiger partial charge in [0.2, 0.25) is 0 Å². The zero-order valence-corrected chi connectivity index (χ0v) is 12.9. The molecule has 2 heteroatoms. The van der Waals surface area contributed by atoms with E-state index in [4.69, 9.17) is 9.47 Å². The van der Waals surface area contributed by atoms with Gasteiger partial charge in [0.15, 0.2) is 0 Å². The summed E-state index contributed by atoms with van der Waals surface area (Å²) in [5.41, 5.74) is 5.23. The van der Waals surface area contributed by atoms with Crippen LogP contribution < -0.4 is 4.74 Å². The fraction of sp³-hybridized carbons (Fsp3) is 0.143. The van der Waals surface area contributed by atoms with Crippen LogP contribution in [0.5, 0.6) is 11.5 Å². The van der Waals surface area contributed by atoms with E-state index in [9.17, 15) is 0 Å². The maximum atomic E-state index is 5.78. The number of fused-ring (bicyclic) bond motifs is 3. The van der Waals surface area contributed by atoms with E-state index < -0.39 is 0 Å². The fourth-order valence-corrected chi connectivity index (χ4v) is 2.93. The van der Waals surface area contributed by atoms with Gasteiger partial charge in [-0.3, -0.25) is 0 Å². The van der Waals surface area contributed by atoms with Crippen LogP contribution in [0.4, 0.5) is 0 Å². The zero-order chi connectivity index (χ0) is 15.5. The zero-order valence-electron chi connectivity index (χ0n) is 12.9. The molecular weight excluding hydrogens is 284 g/mol. The first kappa shape index (κ1) is 14.0. The standard InChI is InChI=1S/C13H10O.C8H8O/c1-3-7-12-10(5-1)9-11-6-2-4-8-13(11)14-12;1-2-4-8-6-9-5-7(8)3-1/h1-8H,9H2;1-4H,5-6H2. The molecule has 0 aliphatic carbocycles. The molecular formula is C21H18O2. The second-order valence-electron chi connectivity index (χ2n) is 5.76. The van der Waals surface area contributed by atoms with Gasteiger partial charge >= 0.3 is 0 Å². The molecule has 23 heavy (non-hydrogen) atoms. The molecule has 114 valence electrons. The van der Waals surface area contributed by atoms with E-state index in [0.29, 0.717) is 0 Å². The second kappa shape index (κ2) is 6.27. The highest BCUT2D eigenvalue weighted by molar-refractivity contribution is 5.49. The Hall–Kier alpha value is -2.58. The lowest BCUT2D eigenvalue weighted by molar-refractivity contribution is 0.134. The topological polar surface area (TPSA) is 18.5 Å². The number of para-hydroxylation sites is 2. The summed E-state index contributed by atoms with van der Waals surface area (Å²) in [6, 6.07) is 24.7. The van der Waals surface area contributed by atoms with Gasteiger partial charge in [0, 0.05) is 6.42 Å². The van der Waals surface area contributed by atoms with E-state index in [1.54, 1.807) is 0 Å². The Kier molecular flexibility index (Phi) is 3.83. The molecule has 0 saturated heterocycles. The van der Waals surface area contributed by atoms with Crippen molar-refractivity contribution in [2.24, 2.45) is 0 Å². The molecule has 2 heterocycles. The largest absolute Gasteiger partial charge is 0.457 e. The molecule has 3 aromatic carbocycles. The lowest BCUT2D eigenvalue weighted by atomic mass is 10.0. The summed E-state index contributed by atoms with van der Waals surface area (Å²) >= 11 is 0. The van der Waals surface area contributed by atoms with E-state index in [2.05, 4.69) is 36.4 Å². The first-order valence-corrected chi connectivity index (χ1v) is 7.88. The van der Waals surface area contributed by atoms with Crippen molar-refractivity contribution in [1.82, 2.24) is 0 Å². The summed E-state index contributed by atoms with van der Waals surface area (Å²) in [6.07, 6.45) is 0.979. The van der Waals surface area contributed by atoms with Crippen LogP contribution in [-0.2, 0) is 24.4 Å². The van der Waals surface area contributed by atoms with Gasteiger partial charge in [-0.05, 0) is 34.4 Å². The van der Waals surface area contributed by atoms with E-state index in [0.717, 1.165) is 31.1 Å². The van der Waals surface area contributed by atoms with Gasteiger partial charge in [-0.2, -0.15) is 0 Å². The SMILES string of the molecule is c1ccc2c(c1)COC2.c1ccc2c(c1)Cc1ccccc1O2. The molecule has 5 rings (SSSR count). The third-order valence-electron chi connectivity index (χ3n) is 4.18. The predicted molar refractivity (Wildman–Crippen MR) is 90.7 cm³/mol. The molecule has 0 spiro atoms. The van der Waals surface area contributed by atoms with Crippen LogP contribution >= 0.6 is 0 Å². The number of hydrogen-bond donors (Lipinski definition) is 0. The van der Waals surface area contributed by atoms with Crippen molar-refractivity contribution in [2.45, 2.75) is 19.6 Å². The summed E-state index contributed by atoms with van der Waals surface area (Å²) < 4.78 is 11.0. The Balaban J connectivity index is 0.000000130. The highest BCUT2D eigenvalue weighted by atomic mass is 16.5. The summed E-state index contributed by atoms with van der Waals surface area (Å²) in [6.45, 7) is 1.60. The molecule has 0 bridgehead atoms. The fourth-order valence-electron chi connectivity index (χ4n) is 2.93. The normalized spacial score (nSPS) is 13.7. The Bertz CT molecular complexity index is 713. The quantitative estimate of drug-likeness (QED) is 0.450. The molecule has 0 aromatic heterocycles. The molecule has 3 aromatic rings. The maximum Gasteiger partial charge on any atom is 0.130 e. The minimum atomic E-state index is 0.802. The minimum absolute atomic E-state index is 0.802. The van der Waals surface area contributed by atoms with Gasteiger partial charge < -0.3 is 9.47 Å². The Labute approximate surface area is 136 Å². The molecule has 0 amide bonds. The molecule has 0 fully saturated rings. The van der Waals surface area contributed by atoms with Gasteiger partial charge in [0.1, 0.15) is 11.5 Å². The number of hydrogen-bond acceptors (Lipinski definition) is 2. The first-order valence-electron chi connectivity index (χ1n) is 7.88. The van der Waals surface area contributed by atoms with Crippen LogP contribution in [0.25, 0.3) is 0 Å². The van der Waals surface area contributed by atoms with E-state index >= 15 is 0 Å². The van der Waals surface area contributed by atoms with Crippen LogP contribution in [0.2, 0.25) is 0 Å². The summed E-state index contributed by atoms with van der Waals surface area (Å²) in [5.74, 6) is 1.98. The van der Waals surface area contributed by atoms with Crippen molar-refractivity contribution < 1.29 is 9.47 Å². The van der Waals surface area contributed by atoms with Crippen LogP contribution in [0.15, 0.2) is 72.8 Å². The second-order valence-corrected chi connectivity index (χ2v) is 5.76. The van der Waals surface area contributed by atoms with Crippen molar-refractivity contribution in [3.05, 3.63) is 95.1 Å². The smallest absolute Gasteiger partial charge is 0.130 e. The molecule has 2 aliphatic rings. The van der Waals surface area contributed by atoms with Gasteiger partial charge in [-0.25, -0.2) is 0 Å². The number of ether oxygens (including phenoxy) is 2. The first-order chi connectivity index (χ1) is 11.4. The van der Waals surface area contributed by atoms with Gasteiger partial charge in [-0.15, -0.1) is 0 Å².